The molecule has 5 nitrogen and oxygen atoms in total. The van der Waals surface area contributed by atoms with E-state index in [-0.39, 0.29) is 30.3 Å². The van der Waals surface area contributed by atoms with Crippen molar-refractivity contribution in [2.24, 2.45) is 0 Å². The molecular weight excluding hydrogens is 232 g/mol. The third-order valence-corrected chi connectivity index (χ3v) is 3.08. The van der Waals surface area contributed by atoms with Gasteiger partial charge < -0.3 is 10.1 Å². The second-order valence-electron chi connectivity index (χ2n) is 5.05. The Morgan fingerprint density at radius 3 is 2.83 bits per heavy atom. The molecule has 0 aromatic carbocycles. The molecule has 1 heterocycles. The molecule has 5 heteroatoms. The molecule has 1 aliphatic heterocycles. The Morgan fingerprint density at radius 1 is 1.50 bits per heavy atom. The lowest BCUT2D eigenvalue weighted by Gasteiger charge is -2.14. The first kappa shape index (κ1) is 13.2. The number of rotatable bonds is 7. The molecule has 2 rings (SSSR count). The largest absolute Gasteiger partial charge is 0.376 e. The maximum absolute atomic E-state index is 12.0. The van der Waals surface area contributed by atoms with Crippen LogP contribution in [0.2, 0.25) is 0 Å². The average Bonchev–Trinajstić information content (AvgIpc) is 3.07. The van der Waals surface area contributed by atoms with Gasteiger partial charge in [-0.1, -0.05) is 12.2 Å². The number of carbonyl (C=O) groups is 2. The van der Waals surface area contributed by atoms with E-state index >= 15 is 0 Å². The lowest BCUT2D eigenvalue weighted by atomic mass is 10.2. The van der Waals surface area contributed by atoms with Gasteiger partial charge in [0.15, 0.2) is 0 Å². The van der Waals surface area contributed by atoms with Crippen LogP contribution in [0.4, 0.5) is 0 Å². The van der Waals surface area contributed by atoms with Gasteiger partial charge in [0, 0.05) is 12.6 Å². The van der Waals surface area contributed by atoms with Crippen molar-refractivity contribution in [2.75, 3.05) is 19.8 Å². The van der Waals surface area contributed by atoms with E-state index in [1.165, 1.54) is 4.90 Å². The van der Waals surface area contributed by atoms with Crippen molar-refractivity contribution in [1.82, 2.24) is 10.2 Å². The van der Waals surface area contributed by atoms with Crippen LogP contribution in [-0.2, 0) is 14.3 Å². The van der Waals surface area contributed by atoms with Crippen LogP contribution >= 0.6 is 0 Å². The molecule has 0 aromatic heterocycles. The Labute approximate surface area is 107 Å². The SMILES string of the molecule is C=C(C)COCCNC1CC(=O)N(C2CC2)C1=O. The smallest absolute Gasteiger partial charge is 0.247 e. The Balaban J connectivity index is 1.69. The molecule has 100 valence electrons. The fraction of sp³-hybridized carbons (Fsp3) is 0.692. The molecule has 2 fully saturated rings. The quantitative estimate of drug-likeness (QED) is 0.406. The van der Waals surface area contributed by atoms with Gasteiger partial charge >= 0.3 is 0 Å². The zero-order chi connectivity index (χ0) is 13.1. The van der Waals surface area contributed by atoms with Crippen molar-refractivity contribution >= 4 is 11.8 Å². The van der Waals surface area contributed by atoms with E-state index < -0.39 is 0 Å². The summed E-state index contributed by atoms with van der Waals surface area (Å²) in [5, 5.41) is 3.08. The molecule has 1 saturated carbocycles. The fourth-order valence-corrected chi connectivity index (χ4v) is 2.08. The number of nitrogens with one attached hydrogen (secondary N) is 1. The summed E-state index contributed by atoms with van der Waals surface area (Å²) in [6, 6.07) is -0.178. The van der Waals surface area contributed by atoms with Crippen LogP contribution in [0.3, 0.4) is 0 Å². The highest BCUT2D eigenvalue weighted by Gasteiger charge is 2.45. The molecule has 1 N–H and O–H groups in total. The maximum Gasteiger partial charge on any atom is 0.247 e. The molecule has 0 bridgehead atoms. The predicted molar refractivity (Wildman–Crippen MR) is 66.9 cm³/mol. The summed E-state index contributed by atoms with van der Waals surface area (Å²) in [6.07, 6.45) is 2.22. The number of nitrogens with zero attached hydrogens (tertiary/aromatic N) is 1. The first-order valence-corrected chi connectivity index (χ1v) is 6.41. The van der Waals surface area contributed by atoms with Crippen molar-refractivity contribution in [3.05, 3.63) is 12.2 Å². The van der Waals surface area contributed by atoms with Gasteiger partial charge in [0.25, 0.3) is 0 Å². The lowest BCUT2D eigenvalue weighted by Crippen LogP contribution is -2.40. The first-order chi connectivity index (χ1) is 8.59. The molecular formula is C13H20N2O3. The molecule has 0 radical (unpaired) electrons. The minimum atomic E-state index is -0.355. The Bertz CT molecular complexity index is 363. The number of amides is 2. The van der Waals surface area contributed by atoms with Crippen LogP contribution in [0.15, 0.2) is 12.2 Å². The number of hydrogen-bond acceptors (Lipinski definition) is 4. The van der Waals surface area contributed by atoms with E-state index in [0.717, 1.165) is 18.4 Å². The molecule has 1 saturated heterocycles. The summed E-state index contributed by atoms with van der Waals surface area (Å²) in [5.74, 6) is -0.106. The van der Waals surface area contributed by atoms with E-state index in [1.807, 2.05) is 6.92 Å². The van der Waals surface area contributed by atoms with Gasteiger partial charge in [-0.2, -0.15) is 0 Å². The topological polar surface area (TPSA) is 58.6 Å². The minimum absolute atomic E-state index is 0.0390. The lowest BCUT2D eigenvalue weighted by molar-refractivity contribution is -0.139. The number of likely N-dealkylation sites (tertiary alicyclic amines) is 1. The van der Waals surface area contributed by atoms with Crippen LogP contribution in [-0.4, -0.2) is 48.6 Å². The van der Waals surface area contributed by atoms with Crippen LogP contribution in [0.5, 0.6) is 0 Å². The number of carbonyl (C=O) groups excluding carboxylic acids is 2. The van der Waals surface area contributed by atoms with Gasteiger partial charge in [-0.3, -0.25) is 14.5 Å². The third-order valence-electron chi connectivity index (χ3n) is 3.08. The van der Waals surface area contributed by atoms with Gasteiger partial charge in [-0.05, 0) is 19.8 Å². The van der Waals surface area contributed by atoms with Crippen LogP contribution in [0.1, 0.15) is 26.2 Å². The second-order valence-corrected chi connectivity index (χ2v) is 5.05. The monoisotopic (exact) mass is 252 g/mol. The zero-order valence-electron chi connectivity index (χ0n) is 10.8. The minimum Gasteiger partial charge on any atom is -0.376 e. The third kappa shape index (κ3) is 3.17. The summed E-state index contributed by atoms with van der Waals surface area (Å²) in [6.45, 7) is 7.28. The predicted octanol–water partition coefficient (Wildman–Crippen LogP) is 0.459. The van der Waals surface area contributed by atoms with E-state index in [4.69, 9.17) is 4.74 Å². The Morgan fingerprint density at radius 2 is 2.22 bits per heavy atom. The number of imide groups is 1. The summed E-state index contributed by atoms with van der Waals surface area (Å²) in [5.41, 5.74) is 0.974. The van der Waals surface area contributed by atoms with E-state index in [9.17, 15) is 9.59 Å². The molecule has 18 heavy (non-hydrogen) atoms. The summed E-state index contributed by atoms with van der Waals surface area (Å²) in [4.78, 5) is 25.1. The molecule has 1 unspecified atom stereocenters. The van der Waals surface area contributed by atoms with Crippen molar-refractivity contribution in [1.29, 1.82) is 0 Å². The molecule has 1 aliphatic carbocycles. The van der Waals surface area contributed by atoms with Crippen molar-refractivity contribution in [2.45, 2.75) is 38.3 Å². The van der Waals surface area contributed by atoms with E-state index in [0.29, 0.717) is 19.8 Å². The van der Waals surface area contributed by atoms with Crippen LogP contribution in [0.25, 0.3) is 0 Å². The van der Waals surface area contributed by atoms with Gasteiger partial charge in [0.1, 0.15) is 0 Å². The molecule has 1 atom stereocenters. The standard InChI is InChI=1S/C13H20N2O3/c1-9(2)8-18-6-5-14-11-7-12(16)15(13(11)17)10-3-4-10/h10-11,14H,1,3-8H2,2H3. The van der Waals surface area contributed by atoms with Gasteiger partial charge in [-0.15, -0.1) is 0 Å². The van der Waals surface area contributed by atoms with Crippen molar-refractivity contribution in [3.8, 4) is 0 Å². The summed E-state index contributed by atoms with van der Waals surface area (Å²) >= 11 is 0. The molecule has 0 aromatic rings. The first-order valence-electron chi connectivity index (χ1n) is 6.41. The van der Waals surface area contributed by atoms with Crippen molar-refractivity contribution < 1.29 is 14.3 Å². The molecule has 0 spiro atoms. The highest BCUT2D eigenvalue weighted by Crippen LogP contribution is 2.31. The van der Waals surface area contributed by atoms with E-state index in [2.05, 4.69) is 11.9 Å². The summed E-state index contributed by atoms with van der Waals surface area (Å²) < 4.78 is 5.33. The maximum atomic E-state index is 12.0. The summed E-state index contributed by atoms with van der Waals surface area (Å²) in [7, 11) is 0. The van der Waals surface area contributed by atoms with E-state index in [1.54, 1.807) is 0 Å². The fourth-order valence-electron chi connectivity index (χ4n) is 2.08. The normalized spacial score (nSPS) is 23.8. The highest BCUT2D eigenvalue weighted by molar-refractivity contribution is 6.06. The van der Waals surface area contributed by atoms with Crippen LogP contribution < -0.4 is 5.32 Å². The van der Waals surface area contributed by atoms with Gasteiger partial charge in [0.05, 0.1) is 25.7 Å². The average molecular weight is 252 g/mol. The van der Waals surface area contributed by atoms with Crippen LogP contribution in [0, 0.1) is 0 Å². The molecule has 2 amide bonds. The number of hydrogen-bond donors (Lipinski definition) is 1. The zero-order valence-corrected chi connectivity index (χ0v) is 10.8. The van der Waals surface area contributed by atoms with Gasteiger partial charge in [0.2, 0.25) is 11.8 Å². The Kier molecular flexibility index (Phi) is 4.14. The van der Waals surface area contributed by atoms with Gasteiger partial charge in [-0.25, -0.2) is 0 Å². The highest BCUT2D eigenvalue weighted by atomic mass is 16.5. The van der Waals surface area contributed by atoms with Crippen molar-refractivity contribution in [3.63, 3.8) is 0 Å². The molecule has 2 aliphatic rings. The number of ether oxygens (including phenoxy) is 1. The second kappa shape index (κ2) is 5.63. The Hall–Kier alpha value is -1.20.